The van der Waals surface area contributed by atoms with Crippen LogP contribution in [0.2, 0.25) is 18.1 Å². The van der Waals surface area contributed by atoms with Gasteiger partial charge in [0.05, 0.1) is 14.7 Å². The van der Waals surface area contributed by atoms with Crippen LogP contribution in [0.15, 0.2) is 35.5 Å². The lowest BCUT2D eigenvalue weighted by molar-refractivity contribution is -0.137. The smallest absolute Gasteiger partial charge is 0.329 e. The van der Waals surface area contributed by atoms with E-state index in [0.717, 1.165) is 28.9 Å². The molecule has 0 aliphatic rings. The highest BCUT2D eigenvalue weighted by Crippen LogP contribution is 2.31. The van der Waals surface area contributed by atoms with Crippen molar-refractivity contribution in [3.05, 3.63) is 41.1 Å². The third-order valence-electron chi connectivity index (χ3n) is 4.21. The number of carbonyl (C=O) groups excluding carboxylic acids is 1. The summed E-state index contributed by atoms with van der Waals surface area (Å²) >= 11 is 0. The molecule has 0 aliphatic carbocycles. The number of carbonyl (C=O) groups is 1. The van der Waals surface area contributed by atoms with E-state index in [4.69, 9.17) is 4.74 Å². The monoisotopic (exact) mass is 290 g/mol. The van der Waals surface area contributed by atoms with Crippen molar-refractivity contribution < 1.29 is 9.53 Å². The first-order valence-electron chi connectivity index (χ1n) is 7.57. The molecule has 0 N–H and O–H groups in total. The first-order valence-corrected chi connectivity index (χ1v) is 10.2. The molecule has 0 unspecified atom stereocenters. The minimum atomic E-state index is -1.74. The summed E-state index contributed by atoms with van der Waals surface area (Å²) in [6, 6.07) is 13.3. The molecule has 0 aromatic heterocycles. The Morgan fingerprint density at radius 1 is 1.05 bits per heavy atom. The number of hydrogen-bond acceptors (Lipinski definition) is 2. The maximum atomic E-state index is 12.4. The average molecular weight is 290 g/mol. The van der Waals surface area contributed by atoms with E-state index in [9.17, 15) is 4.79 Å². The van der Waals surface area contributed by atoms with Crippen molar-refractivity contribution in [2.24, 2.45) is 0 Å². The fourth-order valence-corrected chi connectivity index (χ4v) is 6.30. The van der Waals surface area contributed by atoms with Crippen molar-refractivity contribution in [2.45, 2.75) is 45.8 Å². The molecule has 1 rings (SSSR count). The van der Waals surface area contributed by atoms with E-state index < -0.39 is 8.07 Å². The largest absolute Gasteiger partial charge is 0.463 e. The number of hydrogen-bond donors (Lipinski definition) is 0. The summed E-state index contributed by atoms with van der Waals surface area (Å²) in [5, 5.41) is 0.943. The fourth-order valence-electron chi connectivity index (χ4n) is 2.67. The lowest BCUT2D eigenvalue weighted by atomic mass is 10.2. The highest BCUT2D eigenvalue weighted by atomic mass is 28.3. The molecule has 3 heteroatoms. The Morgan fingerprint density at radius 2 is 1.60 bits per heavy atom. The molecular formula is C17H26O2Si. The first-order chi connectivity index (χ1) is 9.63. The predicted molar refractivity (Wildman–Crippen MR) is 88.2 cm³/mol. The Balaban J connectivity index is 3.27. The second-order valence-electron chi connectivity index (χ2n) is 5.03. The van der Waals surface area contributed by atoms with Gasteiger partial charge in [-0.15, -0.1) is 0 Å². The summed E-state index contributed by atoms with van der Waals surface area (Å²) in [7, 11) is -1.74. The third kappa shape index (κ3) is 3.82. The molecule has 2 nitrogen and oxygen atoms in total. The van der Waals surface area contributed by atoms with Crippen LogP contribution in [-0.4, -0.2) is 20.7 Å². The molecule has 110 valence electrons. The van der Waals surface area contributed by atoms with Gasteiger partial charge < -0.3 is 4.74 Å². The van der Waals surface area contributed by atoms with Gasteiger partial charge in [0.1, 0.15) is 0 Å². The molecule has 20 heavy (non-hydrogen) atoms. The van der Waals surface area contributed by atoms with E-state index in [1.807, 2.05) is 37.3 Å². The SMILES string of the molecule is CCOC(=O)/C(=C\c1ccccc1)[Si](CC)(CC)CC. The third-order valence-corrected chi connectivity index (χ3v) is 9.76. The second-order valence-corrected chi connectivity index (χ2v) is 10.3. The Morgan fingerprint density at radius 3 is 2.05 bits per heavy atom. The zero-order valence-electron chi connectivity index (χ0n) is 13.1. The maximum absolute atomic E-state index is 12.4. The van der Waals surface area contributed by atoms with E-state index in [1.54, 1.807) is 0 Å². The number of esters is 1. The molecule has 0 fully saturated rings. The summed E-state index contributed by atoms with van der Waals surface area (Å²) in [6.45, 7) is 8.92. The minimum absolute atomic E-state index is 0.117. The molecule has 0 heterocycles. The van der Waals surface area contributed by atoms with Gasteiger partial charge in [-0.3, -0.25) is 0 Å². The van der Waals surface area contributed by atoms with Crippen LogP contribution in [0, 0.1) is 0 Å². The van der Waals surface area contributed by atoms with E-state index in [0.29, 0.717) is 6.61 Å². The predicted octanol–water partition coefficient (Wildman–Crippen LogP) is 4.68. The molecule has 0 atom stereocenters. The zero-order chi connectivity index (χ0) is 15.0. The molecule has 0 bridgehead atoms. The Hall–Kier alpha value is -1.35. The zero-order valence-corrected chi connectivity index (χ0v) is 14.1. The molecule has 0 radical (unpaired) electrons. The van der Waals surface area contributed by atoms with Crippen LogP contribution in [0.4, 0.5) is 0 Å². The van der Waals surface area contributed by atoms with Gasteiger partial charge >= 0.3 is 5.97 Å². The van der Waals surface area contributed by atoms with Crippen LogP contribution < -0.4 is 0 Å². The van der Waals surface area contributed by atoms with Crippen LogP contribution in [0.5, 0.6) is 0 Å². The van der Waals surface area contributed by atoms with Crippen molar-refractivity contribution in [1.82, 2.24) is 0 Å². The van der Waals surface area contributed by atoms with Crippen molar-refractivity contribution >= 4 is 20.1 Å². The summed E-state index contributed by atoms with van der Waals surface area (Å²) in [6.07, 6.45) is 2.06. The molecule has 0 saturated heterocycles. The van der Waals surface area contributed by atoms with Crippen molar-refractivity contribution in [3.63, 3.8) is 0 Å². The standard InChI is InChI=1S/C17H26O2Si/c1-5-19-17(18)16(20(6-2,7-3)8-4)14-15-12-10-9-11-13-15/h9-14H,5-8H2,1-4H3/b16-14+. The Bertz CT molecular complexity index is 439. The van der Waals surface area contributed by atoms with Crippen LogP contribution in [0.25, 0.3) is 6.08 Å². The van der Waals surface area contributed by atoms with E-state index in [1.165, 1.54) is 0 Å². The van der Waals surface area contributed by atoms with Crippen molar-refractivity contribution in [3.8, 4) is 0 Å². The van der Waals surface area contributed by atoms with Gasteiger partial charge in [-0.25, -0.2) is 4.79 Å². The highest BCUT2D eigenvalue weighted by Gasteiger charge is 2.36. The van der Waals surface area contributed by atoms with Gasteiger partial charge in [-0.05, 0) is 18.6 Å². The van der Waals surface area contributed by atoms with Crippen molar-refractivity contribution in [2.75, 3.05) is 6.61 Å². The van der Waals surface area contributed by atoms with Gasteiger partial charge in [-0.1, -0.05) is 69.2 Å². The van der Waals surface area contributed by atoms with Crippen LogP contribution in [0.1, 0.15) is 33.3 Å². The minimum Gasteiger partial charge on any atom is -0.463 e. The van der Waals surface area contributed by atoms with E-state index in [-0.39, 0.29) is 5.97 Å². The summed E-state index contributed by atoms with van der Waals surface area (Å²) in [4.78, 5) is 12.4. The fraction of sp³-hybridized carbons (Fsp3) is 0.471. The molecule has 1 aromatic carbocycles. The Kier molecular flexibility index (Phi) is 6.72. The normalized spacial score (nSPS) is 12.3. The van der Waals surface area contributed by atoms with Gasteiger partial charge in [0, 0.05) is 5.20 Å². The van der Waals surface area contributed by atoms with E-state index >= 15 is 0 Å². The Labute approximate surface area is 123 Å². The van der Waals surface area contributed by atoms with Crippen LogP contribution >= 0.6 is 0 Å². The van der Waals surface area contributed by atoms with Gasteiger partial charge in [-0.2, -0.15) is 0 Å². The highest BCUT2D eigenvalue weighted by molar-refractivity contribution is 6.90. The molecule has 0 saturated carbocycles. The van der Waals surface area contributed by atoms with Gasteiger partial charge in [0.25, 0.3) is 0 Å². The number of rotatable bonds is 7. The second kappa shape index (κ2) is 8.05. The van der Waals surface area contributed by atoms with Gasteiger partial charge in [0.15, 0.2) is 0 Å². The molecule has 1 aromatic rings. The quantitative estimate of drug-likeness (QED) is 0.414. The van der Waals surface area contributed by atoms with Crippen LogP contribution in [-0.2, 0) is 9.53 Å². The lowest BCUT2D eigenvalue weighted by Crippen LogP contribution is -2.39. The maximum Gasteiger partial charge on any atom is 0.329 e. The van der Waals surface area contributed by atoms with Gasteiger partial charge in [0.2, 0.25) is 0 Å². The first kappa shape index (κ1) is 16.7. The summed E-state index contributed by atoms with van der Waals surface area (Å²) in [5.74, 6) is -0.117. The molecule has 0 amide bonds. The molecular weight excluding hydrogens is 264 g/mol. The van der Waals surface area contributed by atoms with Crippen LogP contribution in [0.3, 0.4) is 0 Å². The van der Waals surface area contributed by atoms with Crippen molar-refractivity contribution in [1.29, 1.82) is 0 Å². The summed E-state index contributed by atoms with van der Waals surface area (Å²) in [5.41, 5.74) is 1.09. The average Bonchev–Trinajstić information content (AvgIpc) is 2.49. The number of ether oxygens (including phenoxy) is 1. The molecule has 0 aliphatic heterocycles. The van der Waals surface area contributed by atoms with E-state index in [2.05, 4.69) is 26.8 Å². The number of benzene rings is 1. The topological polar surface area (TPSA) is 26.3 Å². The molecule has 0 spiro atoms. The lowest BCUT2D eigenvalue weighted by Gasteiger charge is -2.30. The summed E-state index contributed by atoms with van der Waals surface area (Å²) < 4.78 is 5.32.